The van der Waals surface area contributed by atoms with Gasteiger partial charge in [-0.1, -0.05) is 67.1 Å². The summed E-state index contributed by atoms with van der Waals surface area (Å²) in [6.07, 6.45) is 5.05. The van der Waals surface area contributed by atoms with Crippen molar-refractivity contribution in [1.82, 2.24) is 10.2 Å². The summed E-state index contributed by atoms with van der Waals surface area (Å²) >= 11 is 0. The standard InChI is InChI=1S/C24H32N2O2/c27-18-15-22-13-7-8-17-26(22)19-24(28)25-16-14-23(20-9-3-1-4-10-20)21-11-5-2-6-12-21/h1-6,9-12,22-23,27H,7-8,13-19H2,(H,25,28). The van der Waals surface area contributed by atoms with Gasteiger partial charge in [0.05, 0.1) is 6.54 Å². The number of aliphatic hydroxyl groups is 1. The quantitative estimate of drug-likeness (QED) is 0.699. The number of hydrogen-bond acceptors (Lipinski definition) is 3. The van der Waals surface area contributed by atoms with Crippen molar-refractivity contribution in [3.63, 3.8) is 0 Å². The molecular weight excluding hydrogens is 348 g/mol. The molecule has 1 unspecified atom stereocenters. The van der Waals surface area contributed by atoms with Gasteiger partial charge in [-0.15, -0.1) is 0 Å². The van der Waals surface area contributed by atoms with Crippen molar-refractivity contribution >= 4 is 5.91 Å². The molecule has 1 saturated heterocycles. The van der Waals surface area contributed by atoms with E-state index in [0.717, 1.165) is 32.2 Å². The van der Waals surface area contributed by atoms with Gasteiger partial charge in [-0.3, -0.25) is 9.69 Å². The molecule has 0 radical (unpaired) electrons. The number of amides is 1. The highest BCUT2D eigenvalue weighted by Gasteiger charge is 2.23. The Kier molecular flexibility index (Phi) is 8.07. The lowest BCUT2D eigenvalue weighted by atomic mass is 9.88. The first-order valence-corrected chi connectivity index (χ1v) is 10.5. The lowest BCUT2D eigenvalue weighted by molar-refractivity contribution is -0.123. The van der Waals surface area contributed by atoms with Crippen LogP contribution < -0.4 is 5.32 Å². The first kappa shape index (κ1) is 20.6. The van der Waals surface area contributed by atoms with Crippen molar-refractivity contribution in [1.29, 1.82) is 0 Å². The number of aliphatic hydroxyl groups excluding tert-OH is 1. The topological polar surface area (TPSA) is 52.6 Å². The van der Waals surface area contributed by atoms with Gasteiger partial charge in [0.25, 0.3) is 0 Å². The zero-order valence-corrected chi connectivity index (χ0v) is 16.6. The molecule has 0 aliphatic carbocycles. The Morgan fingerprint density at radius 1 is 1.04 bits per heavy atom. The van der Waals surface area contributed by atoms with E-state index in [2.05, 4.69) is 58.7 Å². The summed E-state index contributed by atoms with van der Waals surface area (Å²) in [7, 11) is 0. The van der Waals surface area contributed by atoms with E-state index in [9.17, 15) is 9.90 Å². The molecule has 4 heteroatoms. The van der Waals surface area contributed by atoms with Crippen LogP contribution in [-0.4, -0.2) is 48.2 Å². The van der Waals surface area contributed by atoms with Crippen LogP contribution in [0, 0.1) is 0 Å². The van der Waals surface area contributed by atoms with Crippen molar-refractivity contribution in [2.24, 2.45) is 0 Å². The molecule has 4 nitrogen and oxygen atoms in total. The zero-order chi connectivity index (χ0) is 19.6. The maximum Gasteiger partial charge on any atom is 0.234 e. The Morgan fingerprint density at radius 2 is 1.68 bits per heavy atom. The fourth-order valence-corrected chi connectivity index (χ4v) is 4.24. The first-order chi connectivity index (χ1) is 13.8. The maximum absolute atomic E-state index is 12.5. The first-order valence-electron chi connectivity index (χ1n) is 10.5. The van der Waals surface area contributed by atoms with Gasteiger partial charge in [0.2, 0.25) is 5.91 Å². The van der Waals surface area contributed by atoms with Crippen molar-refractivity contribution in [2.75, 3.05) is 26.2 Å². The van der Waals surface area contributed by atoms with Crippen LogP contribution in [0.2, 0.25) is 0 Å². The van der Waals surface area contributed by atoms with Crippen molar-refractivity contribution in [3.05, 3.63) is 71.8 Å². The molecule has 3 rings (SSSR count). The van der Waals surface area contributed by atoms with Crippen LogP contribution in [0.5, 0.6) is 0 Å². The average Bonchev–Trinajstić information content (AvgIpc) is 2.74. The molecule has 2 aromatic carbocycles. The van der Waals surface area contributed by atoms with Gasteiger partial charge in [0.1, 0.15) is 0 Å². The smallest absolute Gasteiger partial charge is 0.234 e. The number of carbonyl (C=O) groups is 1. The fourth-order valence-electron chi connectivity index (χ4n) is 4.24. The number of piperidine rings is 1. The Hall–Kier alpha value is -2.17. The van der Waals surface area contributed by atoms with Crippen molar-refractivity contribution < 1.29 is 9.90 Å². The summed E-state index contributed by atoms with van der Waals surface area (Å²) in [4.78, 5) is 14.7. The highest BCUT2D eigenvalue weighted by molar-refractivity contribution is 5.78. The third kappa shape index (κ3) is 5.91. The number of benzene rings is 2. The number of nitrogens with one attached hydrogen (secondary N) is 1. The molecule has 2 N–H and O–H groups in total. The summed E-state index contributed by atoms with van der Waals surface area (Å²) in [5.74, 6) is 0.365. The number of nitrogens with zero attached hydrogens (tertiary/aromatic N) is 1. The lowest BCUT2D eigenvalue weighted by Gasteiger charge is -2.34. The molecular formula is C24H32N2O2. The van der Waals surface area contributed by atoms with Crippen molar-refractivity contribution in [3.8, 4) is 0 Å². The van der Waals surface area contributed by atoms with E-state index in [1.807, 2.05) is 12.1 Å². The van der Waals surface area contributed by atoms with Crippen LogP contribution in [-0.2, 0) is 4.79 Å². The molecule has 1 heterocycles. The highest BCUT2D eigenvalue weighted by atomic mass is 16.3. The van der Waals surface area contributed by atoms with Gasteiger partial charge in [-0.2, -0.15) is 0 Å². The second-order valence-corrected chi connectivity index (χ2v) is 7.64. The third-order valence-corrected chi connectivity index (χ3v) is 5.72. The van der Waals surface area contributed by atoms with Gasteiger partial charge >= 0.3 is 0 Å². The minimum absolute atomic E-state index is 0.0877. The SMILES string of the molecule is O=C(CN1CCCCC1CCO)NCCC(c1ccccc1)c1ccccc1. The average molecular weight is 381 g/mol. The largest absolute Gasteiger partial charge is 0.396 e. The van der Waals surface area contributed by atoms with E-state index in [-0.39, 0.29) is 18.4 Å². The lowest BCUT2D eigenvalue weighted by Crippen LogP contribution is -2.46. The summed E-state index contributed by atoms with van der Waals surface area (Å²) < 4.78 is 0. The minimum atomic E-state index is 0.0877. The second-order valence-electron chi connectivity index (χ2n) is 7.64. The van der Waals surface area contributed by atoms with Crippen LogP contribution in [0.15, 0.2) is 60.7 Å². The Bertz CT molecular complexity index is 664. The van der Waals surface area contributed by atoms with Crippen LogP contribution in [0.4, 0.5) is 0 Å². The number of hydrogen-bond donors (Lipinski definition) is 2. The molecule has 0 aromatic heterocycles. The number of carbonyl (C=O) groups excluding carboxylic acids is 1. The molecule has 1 aliphatic heterocycles. The van der Waals surface area contributed by atoms with E-state index in [4.69, 9.17) is 0 Å². The predicted molar refractivity (Wildman–Crippen MR) is 113 cm³/mol. The van der Waals surface area contributed by atoms with E-state index in [1.54, 1.807) is 0 Å². The van der Waals surface area contributed by atoms with Crippen molar-refractivity contribution in [2.45, 2.75) is 44.1 Å². The predicted octanol–water partition coefficient (Wildman–Crippen LogP) is 3.56. The minimum Gasteiger partial charge on any atom is -0.396 e. The molecule has 0 spiro atoms. The Labute approximate surface area is 168 Å². The molecule has 1 atom stereocenters. The second kappa shape index (κ2) is 11.0. The Balaban J connectivity index is 1.54. The maximum atomic E-state index is 12.5. The zero-order valence-electron chi connectivity index (χ0n) is 16.6. The van der Waals surface area contributed by atoms with E-state index in [1.165, 1.54) is 17.5 Å². The molecule has 0 saturated carbocycles. The van der Waals surface area contributed by atoms with Gasteiger partial charge in [0, 0.05) is 25.1 Å². The molecule has 2 aromatic rings. The van der Waals surface area contributed by atoms with E-state index < -0.39 is 0 Å². The Morgan fingerprint density at radius 3 is 2.29 bits per heavy atom. The molecule has 0 bridgehead atoms. The number of likely N-dealkylation sites (tertiary alicyclic amines) is 1. The van der Waals surface area contributed by atoms with Gasteiger partial charge in [-0.25, -0.2) is 0 Å². The van der Waals surface area contributed by atoms with E-state index >= 15 is 0 Å². The van der Waals surface area contributed by atoms with Crippen LogP contribution in [0.1, 0.15) is 49.1 Å². The molecule has 28 heavy (non-hydrogen) atoms. The fraction of sp³-hybridized carbons (Fsp3) is 0.458. The normalized spacial score (nSPS) is 17.6. The van der Waals surface area contributed by atoms with Gasteiger partial charge < -0.3 is 10.4 Å². The highest BCUT2D eigenvalue weighted by Crippen LogP contribution is 2.27. The summed E-state index contributed by atoms with van der Waals surface area (Å²) in [6.45, 7) is 2.24. The summed E-state index contributed by atoms with van der Waals surface area (Å²) in [5, 5.41) is 12.4. The molecule has 1 amide bonds. The summed E-state index contributed by atoms with van der Waals surface area (Å²) in [5.41, 5.74) is 2.56. The van der Waals surface area contributed by atoms with Gasteiger partial charge in [0.15, 0.2) is 0 Å². The molecule has 150 valence electrons. The van der Waals surface area contributed by atoms with Gasteiger partial charge in [-0.05, 0) is 43.4 Å². The van der Waals surface area contributed by atoms with Crippen LogP contribution >= 0.6 is 0 Å². The van der Waals surface area contributed by atoms with E-state index in [0.29, 0.717) is 19.1 Å². The monoisotopic (exact) mass is 380 g/mol. The van der Waals surface area contributed by atoms with Crippen LogP contribution in [0.25, 0.3) is 0 Å². The molecule has 1 aliphatic rings. The third-order valence-electron chi connectivity index (χ3n) is 5.72. The molecule has 1 fully saturated rings. The van der Waals surface area contributed by atoms with Crippen LogP contribution in [0.3, 0.4) is 0 Å². The number of rotatable bonds is 9. The summed E-state index contributed by atoms with van der Waals surface area (Å²) in [6, 6.07) is 21.3.